The Morgan fingerprint density at radius 2 is 1.79 bits per heavy atom. The average molecular weight is 365 g/mol. The number of nitrogens with one attached hydrogen (secondary N) is 2. The van der Waals surface area contributed by atoms with Gasteiger partial charge in [-0.15, -0.1) is 0 Å². The second-order valence-electron chi connectivity index (χ2n) is 4.64. The first-order chi connectivity index (χ1) is 11.3. The van der Waals surface area contributed by atoms with Gasteiger partial charge in [-0.3, -0.25) is 5.32 Å². The molecule has 7 nitrogen and oxygen atoms in total. The number of sulfone groups is 1. The van der Waals surface area contributed by atoms with Gasteiger partial charge in [0.2, 0.25) is 9.84 Å². The topological polar surface area (TPSA) is 111 Å². The summed E-state index contributed by atoms with van der Waals surface area (Å²) in [6.45, 7) is 0. The molecule has 2 aromatic rings. The summed E-state index contributed by atoms with van der Waals surface area (Å²) in [4.78, 5) is 11.3. The number of rotatable bonds is 3. The zero-order valence-electron chi connectivity index (χ0n) is 12.6. The lowest BCUT2D eigenvalue weighted by Crippen LogP contribution is -2.34. The number of nitrogens with two attached hydrogens (primary N) is 1. The highest BCUT2D eigenvalue weighted by atomic mass is 32.2. The van der Waals surface area contributed by atoms with E-state index in [-0.39, 0.29) is 26.3 Å². The molecule has 0 atom stereocenters. The highest BCUT2D eigenvalue weighted by molar-refractivity contribution is 7.91. The van der Waals surface area contributed by atoms with Crippen molar-refractivity contribution in [2.24, 2.45) is 0 Å². The van der Waals surface area contributed by atoms with E-state index in [2.05, 4.69) is 15.4 Å². The number of ether oxygens (including phenoxy) is 1. The fourth-order valence-corrected chi connectivity index (χ4v) is 3.34. The zero-order valence-corrected chi connectivity index (χ0v) is 14.3. The minimum absolute atomic E-state index is 0.0475. The van der Waals surface area contributed by atoms with Crippen LogP contribution in [0.1, 0.15) is 0 Å². The third-order valence-electron chi connectivity index (χ3n) is 3.04. The highest BCUT2D eigenvalue weighted by Gasteiger charge is 2.18. The molecule has 126 valence electrons. The first kappa shape index (κ1) is 17.7. The van der Waals surface area contributed by atoms with Gasteiger partial charge in [0.1, 0.15) is 0 Å². The summed E-state index contributed by atoms with van der Waals surface area (Å²) in [7, 11) is -2.50. The van der Waals surface area contributed by atoms with Crippen LogP contribution in [0.2, 0.25) is 0 Å². The third-order valence-corrected chi connectivity index (χ3v) is 5.01. The predicted molar refractivity (Wildman–Crippen MR) is 94.5 cm³/mol. The molecule has 0 aromatic heterocycles. The molecule has 0 saturated heterocycles. The third kappa shape index (κ3) is 4.00. The van der Waals surface area contributed by atoms with E-state index in [9.17, 15) is 13.2 Å². The molecule has 0 aliphatic heterocycles. The maximum Gasteiger partial charge on any atom is 0.413 e. The summed E-state index contributed by atoms with van der Waals surface area (Å²) < 4.78 is 29.7. The van der Waals surface area contributed by atoms with Crippen LogP contribution in [0.5, 0.6) is 0 Å². The van der Waals surface area contributed by atoms with Crippen LogP contribution in [0.4, 0.5) is 16.2 Å². The summed E-state index contributed by atoms with van der Waals surface area (Å²) >= 11 is 4.94. The fraction of sp³-hybridized carbons (Fsp3) is 0.0667. The Morgan fingerprint density at radius 1 is 1.12 bits per heavy atom. The number of carbonyl (C=O) groups is 1. The van der Waals surface area contributed by atoms with Crippen LogP contribution in [-0.2, 0) is 14.6 Å². The summed E-state index contributed by atoms with van der Waals surface area (Å²) in [6.07, 6.45) is -0.751. The number of hydrogen-bond donors (Lipinski definition) is 3. The number of amides is 1. The molecule has 0 bridgehead atoms. The van der Waals surface area contributed by atoms with Crippen LogP contribution in [0.15, 0.2) is 58.3 Å². The van der Waals surface area contributed by atoms with Gasteiger partial charge in [0.25, 0.3) is 0 Å². The van der Waals surface area contributed by atoms with E-state index in [1.165, 1.54) is 37.4 Å². The zero-order chi connectivity index (χ0) is 17.7. The lowest BCUT2D eigenvalue weighted by Gasteiger charge is -2.13. The van der Waals surface area contributed by atoms with Crippen molar-refractivity contribution in [2.45, 2.75) is 9.79 Å². The molecule has 0 unspecified atom stereocenters. The largest absolute Gasteiger partial charge is 0.453 e. The van der Waals surface area contributed by atoms with Crippen molar-refractivity contribution in [3.8, 4) is 0 Å². The number of methoxy groups -OCH3 is 1. The predicted octanol–water partition coefficient (Wildman–Crippen LogP) is 2.15. The van der Waals surface area contributed by atoms with E-state index in [1.54, 1.807) is 18.2 Å². The Morgan fingerprint density at radius 3 is 2.42 bits per heavy atom. The Kier molecular flexibility index (Phi) is 5.37. The minimum Gasteiger partial charge on any atom is -0.453 e. The first-order valence-electron chi connectivity index (χ1n) is 6.70. The molecule has 0 radical (unpaired) electrons. The van der Waals surface area contributed by atoms with Gasteiger partial charge in [0, 0.05) is 0 Å². The molecule has 4 N–H and O–H groups in total. The molecule has 24 heavy (non-hydrogen) atoms. The molecule has 9 heteroatoms. The Labute approximate surface area is 144 Å². The molecular weight excluding hydrogens is 350 g/mol. The Bertz CT molecular complexity index is 868. The van der Waals surface area contributed by atoms with Gasteiger partial charge in [-0.05, 0) is 42.5 Å². The molecular formula is C15H15N3O4S2. The van der Waals surface area contributed by atoms with Crippen molar-refractivity contribution in [2.75, 3.05) is 18.2 Å². The molecule has 0 saturated carbocycles. The van der Waals surface area contributed by atoms with Crippen LogP contribution < -0.4 is 16.4 Å². The molecule has 2 aromatic carbocycles. The second-order valence-corrected chi connectivity index (χ2v) is 6.99. The van der Waals surface area contributed by atoms with Gasteiger partial charge in [-0.1, -0.05) is 18.2 Å². The van der Waals surface area contributed by atoms with Crippen molar-refractivity contribution < 1.29 is 17.9 Å². The summed E-state index contributed by atoms with van der Waals surface area (Å²) in [5.41, 5.74) is 6.35. The van der Waals surface area contributed by atoms with E-state index in [4.69, 9.17) is 18.0 Å². The van der Waals surface area contributed by atoms with Crippen LogP contribution in [0.25, 0.3) is 0 Å². The van der Waals surface area contributed by atoms with Crippen molar-refractivity contribution in [3.05, 3.63) is 48.5 Å². The van der Waals surface area contributed by atoms with Crippen molar-refractivity contribution in [1.82, 2.24) is 5.32 Å². The van der Waals surface area contributed by atoms with E-state index in [0.29, 0.717) is 0 Å². The monoisotopic (exact) mass is 365 g/mol. The smallest absolute Gasteiger partial charge is 0.413 e. The van der Waals surface area contributed by atoms with E-state index >= 15 is 0 Å². The van der Waals surface area contributed by atoms with E-state index < -0.39 is 15.9 Å². The number of nitrogen functional groups attached to an aromatic ring is 1. The number of anilines is 2. The molecule has 0 fully saturated rings. The molecule has 1 amide bonds. The van der Waals surface area contributed by atoms with Gasteiger partial charge in [0.05, 0.1) is 28.3 Å². The first-order valence-corrected chi connectivity index (χ1v) is 8.59. The van der Waals surface area contributed by atoms with Gasteiger partial charge in [-0.2, -0.15) is 0 Å². The number of alkyl carbamates (subject to hydrolysis) is 1. The van der Waals surface area contributed by atoms with Crippen LogP contribution in [-0.4, -0.2) is 26.7 Å². The number of benzene rings is 2. The number of hydrogen-bond acceptors (Lipinski definition) is 6. The normalized spacial score (nSPS) is 10.7. The quantitative estimate of drug-likeness (QED) is 0.564. The number of thiocarbonyl (C=S) groups is 1. The van der Waals surface area contributed by atoms with Crippen molar-refractivity contribution >= 4 is 44.6 Å². The summed E-state index contributed by atoms with van der Waals surface area (Å²) in [6, 6.07) is 12.2. The summed E-state index contributed by atoms with van der Waals surface area (Å²) in [5, 5.41) is 4.85. The van der Waals surface area contributed by atoms with Crippen LogP contribution in [0, 0.1) is 0 Å². The maximum atomic E-state index is 12.6. The molecule has 0 aliphatic carbocycles. The van der Waals surface area contributed by atoms with E-state index in [1.807, 2.05) is 0 Å². The SMILES string of the molecule is COC(=O)NC(=S)Nc1cc(S(=O)(=O)c2ccccc2)ccc1N. The fourth-order valence-electron chi connectivity index (χ4n) is 1.84. The van der Waals surface area contributed by atoms with Gasteiger partial charge < -0.3 is 15.8 Å². The van der Waals surface area contributed by atoms with Crippen molar-refractivity contribution in [3.63, 3.8) is 0 Å². The van der Waals surface area contributed by atoms with E-state index in [0.717, 1.165) is 0 Å². The standard InChI is InChI=1S/C15H15N3O4S2/c1-22-15(19)18-14(23)17-13-9-11(7-8-12(13)16)24(20,21)10-5-3-2-4-6-10/h2-9H,16H2,1H3,(H2,17,18,19,23). The average Bonchev–Trinajstić information content (AvgIpc) is 2.57. The maximum absolute atomic E-state index is 12.6. The minimum atomic E-state index is -3.69. The highest BCUT2D eigenvalue weighted by Crippen LogP contribution is 2.27. The lowest BCUT2D eigenvalue weighted by atomic mass is 10.3. The Balaban J connectivity index is 2.32. The molecule has 0 spiro atoms. The molecule has 2 rings (SSSR count). The number of carbonyl (C=O) groups excluding carboxylic acids is 1. The van der Waals surface area contributed by atoms with Gasteiger partial charge in [0.15, 0.2) is 5.11 Å². The van der Waals surface area contributed by atoms with Crippen LogP contribution in [0.3, 0.4) is 0 Å². The second kappa shape index (κ2) is 7.28. The van der Waals surface area contributed by atoms with Gasteiger partial charge in [-0.25, -0.2) is 13.2 Å². The lowest BCUT2D eigenvalue weighted by molar-refractivity contribution is 0.177. The van der Waals surface area contributed by atoms with Crippen LogP contribution >= 0.6 is 12.2 Å². The molecule has 0 heterocycles. The van der Waals surface area contributed by atoms with Crippen molar-refractivity contribution in [1.29, 1.82) is 0 Å². The Hall–Kier alpha value is -2.65. The van der Waals surface area contributed by atoms with Gasteiger partial charge >= 0.3 is 6.09 Å². The molecule has 0 aliphatic rings. The summed E-state index contributed by atoms with van der Waals surface area (Å²) in [5.74, 6) is 0.